The van der Waals surface area contributed by atoms with Gasteiger partial charge in [-0.1, -0.05) is 0 Å². The molecular formula is C10H20N6. The zero-order chi connectivity index (χ0) is 12.1. The molecular weight excluding hydrogens is 204 g/mol. The number of aryl methyl sites for hydroxylation is 1. The number of hydrogen-bond donors (Lipinski definition) is 0. The quantitative estimate of drug-likeness (QED) is 0.528. The molecule has 16 heavy (non-hydrogen) atoms. The third kappa shape index (κ3) is 3.52. The molecule has 0 saturated heterocycles. The van der Waals surface area contributed by atoms with Crippen LogP contribution in [-0.4, -0.2) is 65.3 Å². The zero-order valence-electron chi connectivity index (χ0n) is 10.7. The molecule has 0 aliphatic heterocycles. The molecule has 0 radical (unpaired) electrons. The lowest BCUT2D eigenvalue weighted by molar-refractivity contribution is 0.479. The molecule has 90 valence electrons. The predicted octanol–water partition coefficient (Wildman–Crippen LogP) is -0.163. The average molecular weight is 224 g/mol. The van der Waals surface area contributed by atoms with Gasteiger partial charge in [0.15, 0.2) is 11.8 Å². The van der Waals surface area contributed by atoms with E-state index >= 15 is 0 Å². The van der Waals surface area contributed by atoms with Crippen molar-refractivity contribution in [2.45, 2.75) is 6.42 Å². The Morgan fingerprint density at radius 3 is 2.38 bits per heavy atom. The summed E-state index contributed by atoms with van der Waals surface area (Å²) in [6.07, 6.45) is 2.48. The summed E-state index contributed by atoms with van der Waals surface area (Å²) in [6, 6.07) is 0. The van der Waals surface area contributed by atoms with Crippen molar-refractivity contribution >= 4 is 5.96 Å². The van der Waals surface area contributed by atoms with Crippen LogP contribution in [0.3, 0.4) is 0 Å². The molecule has 6 nitrogen and oxygen atoms in total. The van der Waals surface area contributed by atoms with Gasteiger partial charge in [0.2, 0.25) is 0 Å². The fourth-order valence-electron chi connectivity index (χ4n) is 1.44. The molecule has 6 heteroatoms. The first-order valence-corrected chi connectivity index (χ1v) is 5.24. The first-order chi connectivity index (χ1) is 7.50. The monoisotopic (exact) mass is 224 g/mol. The Morgan fingerprint density at radius 2 is 1.94 bits per heavy atom. The van der Waals surface area contributed by atoms with Crippen molar-refractivity contribution in [1.82, 2.24) is 24.6 Å². The number of nitrogens with zero attached hydrogens (tertiary/aromatic N) is 6. The van der Waals surface area contributed by atoms with E-state index in [-0.39, 0.29) is 0 Å². The Morgan fingerprint density at radius 1 is 1.31 bits per heavy atom. The van der Waals surface area contributed by atoms with Crippen LogP contribution in [0.15, 0.2) is 11.3 Å². The number of rotatable bonds is 3. The summed E-state index contributed by atoms with van der Waals surface area (Å²) in [7, 11) is 9.80. The van der Waals surface area contributed by atoms with Crippen molar-refractivity contribution in [3.05, 3.63) is 12.2 Å². The van der Waals surface area contributed by atoms with Gasteiger partial charge in [-0.2, -0.15) is 5.10 Å². The maximum atomic E-state index is 4.51. The molecule has 0 spiro atoms. The SMILES string of the molecule is CN(C)C(=NCCc1ncn(C)n1)N(C)C. The minimum Gasteiger partial charge on any atom is -0.349 e. The molecule has 0 saturated carbocycles. The highest BCUT2D eigenvalue weighted by molar-refractivity contribution is 5.79. The van der Waals surface area contributed by atoms with Crippen molar-refractivity contribution in [3.63, 3.8) is 0 Å². The van der Waals surface area contributed by atoms with Gasteiger partial charge in [0, 0.05) is 48.2 Å². The average Bonchev–Trinajstić information content (AvgIpc) is 2.57. The van der Waals surface area contributed by atoms with Gasteiger partial charge in [-0.3, -0.25) is 9.67 Å². The summed E-state index contributed by atoms with van der Waals surface area (Å²) in [6.45, 7) is 0.704. The van der Waals surface area contributed by atoms with Crippen molar-refractivity contribution in [2.75, 3.05) is 34.7 Å². The molecule has 0 bridgehead atoms. The maximum absolute atomic E-state index is 4.51. The lowest BCUT2D eigenvalue weighted by Gasteiger charge is -2.22. The molecule has 0 N–H and O–H groups in total. The van der Waals surface area contributed by atoms with Crippen LogP contribution in [0.5, 0.6) is 0 Å². The van der Waals surface area contributed by atoms with Gasteiger partial charge < -0.3 is 9.80 Å². The number of aliphatic imine (C=N–C) groups is 1. The van der Waals surface area contributed by atoms with Crippen molar-refractivity contribution in [3.8, 4) is 0 Å². The Hall–Kier alpha value is -1.59. The Bertz CT molecular complexity index is 342. The van der Waals surface area contributed by atoms with E-state index in [1.54, 1.807) is 11.0 Å². The van der Waals surface area contributed by atoms with Crippen LogP contribution in [0, 0.1) is 0 Å². The highest BCUT2D eigenvalue weighted by Gasteiger charge is 2.04. The predicted molar refractivity (Wildman–Crippen MR) is 64.4 cm³/mol. The number of aromatic nitrogens is 3. The molecule has 0 aliphatic rings. The second-order valence-electron chi connectivity index (χ2n) is 4.06. The molecule has 0 atom stereocenters. The lowest BCUT2D eigenvalue weighted by atomic mass is 10.4. The van der Waals surface area contributed by atoms with E-state index in [2.05, 4.69) is 15.1 Å². The molecule has 0 aliphatic carbocycles. The molecule has 0 aromatic carbocycles. The normalized spacial score (nSPS) is 10.1. The minimum atomic E-state index is 0.704. The fraction of sp³-hybridized carbons (Fsp3) is 0.700. The van der Waals surface area contributed by atoms with E-state index in [0.29, 0.717) is 6.54 Å². The molecule has 0 fully saturated rings. The summed E-state index contributed by atoms with van der Waals surface area (Å²) in [4.78, 5) is 12.6. The summed E-state index contributed by atoms with van der Waals surface area (Å²) in [5.74, 6) is 1.79. The van der Waals surface area contributed by atoms with Gasteiger partial charge in [0.25, 0.3) is 0 Å². The van der Waals surface area contributed by atoms with E-state index < -0.39 is 0 Å². The highest BCUT2D eigenvalue weighted by atomic mass is 15.3. The van der Waals surface area contributed by atoms with Crippen molar-refractivity contribution in [2.24, 2.45) is 12.0 Å². The van der Waals surface area contributed by atoms with Crippen LogP contribution in [0.2, 0.25) is 0 Å². The fourth-order valence-corrected chi connectivity index (χ4v) is 1.44. The van der Waals surface area contributed by atoms with Gasteiger partial charge in [-0.25, -0.2) is 4.98 Å². The van der Waals surface area contributed by atoms with Crippen LogP contribution in [0.25, 0.3) is 0 Å². The Labute approximate surface area is 96.6 Å². The van der Waals surface area contributed by atoms with Crippen LogP contribution in [0.1, 0.15) is 5.82 Å². The second kappa shape index (κ2) is 5.48. The third-order valence-electron chi connectivity index (χ3n) is 2.04. The Kier molecular flexibility index (Phi) is 4.28. The van der Waals surface area contributed by atoms with Crippen LogP contribution < -0.4 is 0 Å². The first kappa shape index (κ1) is 12.5. The summed E-state index contributed by atoms with van der Waals surface area (Å²) in [5.41, 5.74) is 0. The number of hydrogen-bond acceptors (Lipinski definition) is 3. The van der Waals surface area contributed by atoms with E-state index in [1.165, 1.54) is 0 Å². The van der Waals surface area contributed by atoms with Crippen molar-refractivity contribution < 1.29 is 0 Å². The van der Waals surface area contributed by atoms with Gasteiger partial charge in [-0.05, 0) is 0 Å². The zero-order valence-corrected chi connectivity index (χ0v) is 10.7. The molecule has 1 aromatic rings. The van der Waals surface area contributed by atoms with Crippen molar-refractivity contribution in [1.29, 1.82) is 0 Å². The largest absolute Gasteiger partial charge is 0.349 e. The van der Waals surface area contributed by atoms with E-state index in [1.807, 2.05) is 45.0 Å². The first-order valence-electron chi connectivity index (χ1n) is 5.24. The van der Waals surface area contributed by atoms with E-state index in [9.17, 15) is 0 Å². The van der Waals surface area contributed by atoms with Gasteiger partial charge in [0.1, 0.15) is 6.33 Å². The summed E-state index contributed by atoms with van der Waals surface area (Å²) in [5, 5.41) is 4.21. The lowest BCUT2D eigenvalue weighted by Crippen LogP contribution is -2.35. The summed E-state index contributed by atoms with van der Waals surface area (Å²) >= 11 is 0. The Balaban J connectivity index is 2.51. The molecule has 1 aromatic heterocycles. The topological polar surface area (TPSA) is 49.6 Å². The maximum Gasteiger partial charge on any atom is 0.195 e. The van der Waals surface area contributed by atoms with E-state index in [4.69, 9.17) is 0 Å². The standard InChI is InChI=1S/C10H20N6/c1-14(2)10(15(3)4)11-7-6-9-12-8-16(5)13-9/h8H,6-7H2,1-5H3. The van der Waals surface area contributed by atoms with E-state index in [0.717, 1.165) is 18.2 Å². The molecule has 1 heterocycles. The van der Waals surface area contributed by atoms with Crippen LogP contribution in [0.4, 0.5) is 0 Å². The van der Waals surface area contributed by atoms with Gasteiger partial charge in [0.05, 0.1) is 0 Å². The second-order valence-corrected chi connectivity index (χ2v) is 4.06. The third-order valence-corrected chi connectivity index (χ3v) is 2.04. The van der Waals surface area contributed by atoms with Crippen LogP contribution >= 0.6 is 0 Å². The molecule has 0 amide bonds. The van der Waals surface area contributed by atoms with Crippen LogP contribution in [-0.2, 0) is 13.5 Å². The van der Waals surface area contributed by atoms with Gasteiger partial charge >= 0.3 is 0 Å². The highest BCUT2D eigenvalue weighted by Crippen LogP contribution is 1.93. The number of guanidine groups is 1. The summed E-state index contributed by atoms with van der Waals surface area (Å²) < 4.78 is 1.71. The minimum absolute atomic E-state index is 0.704. The smallest absolute Gasteiger partial charge is 0.195 e. The van der Waals surface area contributed by atoms with Gasteiger partial charge in [-0.15, -0.1) is 0 Å². The molecule has 0 unspecified atom stereocenters. The molecule has 1 rings (SSSR count).